The van der Waals surface area contributed by atoms with E-state index in [0.29, 0.717) is 6.54 Å². The first kappa shape index (κ1) is 9.31. The van der Waals surface area contributed by atoms with Crippen LogP contribution in [0, 0.1) is 5.41 Å². The molecule has 1 unspecified atom stereocenters. The topological polar surface area (TPSA) is 59.1 Å². The second-order valence-corrected chi connectivity index (χ2v) is 4.88. The summed E-state index contributed by atoms with van der Waals surface area (Å²) in [5.74, 6) is 0. The Morgan fingerprint density at radius 1 is 1.40 bits per heavy atom. The molecule has 1 fully saturated rings. The first-order chi connectivity index (χ1) is 7.22. The Labute approximate surface area is 89.3 Å². The smallest absolute Gasteiger partial charge is 0.109 e. The average molecular weight is 204 g/mol. The van der Waals surface area contributed by atoms with E-state index in [1.807, 2.05) is 6.07 Å². The monoisotopic (exact) mass is 204 g/mol. The molecule has 1 aromatic rings. The summed E-state index contributed by atoms with van der Waals surface area (Å²) < 4.78 is 0. The average Bonchev–Trinajstić information content (AvgIpc) is 3.06. The van der Waals surface area contributed by atoms with Crippen LogP contribution in [-0.4, -0.2) is 16.6 Å². The number of aliphatic hydroxyl groups is 1. The lowest BCUT2D eigenvalue weighted by Gasteiger charge is -2.41. The third kappa shape index (κ3) is 1.05. The molecule has 80 valence electrons. The Morgan fingerprint density at radius 3 is 2.87 bits per heavy atom. The fourth-order valence-electron chi connectivity index (χ4n) is 3.02. The van der Waals surface area contributed by atoms with E-state index in [1.165, 1.54) is 5.56 Å². The Bertz CT molecular complexity index is 400. The van der Waals surface area contributed by atoms with Gasteiger partial charge in [-0.05, 0) is 37.3 Å². The molecule has 2 aliphatic rings. The molecule has 1 atom stereocenters. The van der Waals surface area contributed by atoms with Crippen molar-refractivity contribution in [3.63, 3.8) is 0 Å². The van der Waals surface area contributed by atoms with Crippen molar-refractivity contribution in [3.8, 4) is 0 Å². The molecule has 0 amide bonds. The summed E-state index contributed by atoms with van der Waals surface area (Å²) in [7, 11) is 0. The molecule has 0 aliphatic heterocycles. The van der Waals surface area contributed by atoms with Crippen LogP contribution in [0.3, 0.4) is 0 Å². The molecule has 0 aromatic carbocycles. The summed E-state index contributed by atoms with van der Waals surface area (Å²) >= 11 is 0. The Kier molecular flexibility index (Phi) is 1.74. The van der Waals surface area contributed by atoms with Gasteiger partial charge in [0.1, 0.15) is 5.60 Å². The molecule has 1 aromatic heterocycles. The van der Waals surface area contributed by atoms with Crippen LogP contribution in [0.25, 0.3) is 0 Å². The minimum Gasteiger partial charge on any atom is -0.383 e. The summed E-state index contributed by atoms with van der Waals surface area (Å²) in [6, 6.07) is 2.01. The fourth-order valence-corrected chi connectivity index (χ4v) is 3.02. The maximum absolute atomic E-state index is 10.8. The van der Waals surface area contributed by atoms with Crippen molar-refractivity contribution in [1.82, 2.24) is 4.98 Å². The molecule has 3 rings (SSSR count). The summed E-state index contributed by atoms with van der Waals surface area (Å²) in [5, 5.41) is 10.8. The Morgan fingerprint density at radius 2 is 2.20 bits per heavy atom. The van der Waals surface area contributed by atoms with E-state index >= 15 is 0 Å². The molecular formula is C12H16N2O. The van der Waals surface area contributed by atoms with Crippen molar-refractivity contribution >= 4 is 0 Å². The molecule has 2 aliphatic carbocycles. The van der Waals surface area contributed by atoms with Gasteiger partial charge >= 0.3 is 0 Å². The molecule has 0 radical (unpaired) electrons. The molecule has 0 saturated heterocycles. The van der Waals surface area contributed by atoms with Crippen molar-refractivity contribution in [1.29, 1.82) is 0 Å². The molecule has 0 bridgehead atoms. The third-order valence-corrected chi connectivity index (χ3v) is 4.26. The number of nitrogens with two attached hydrogens (primary N) is 1. The highest BCUT2D eigenvalue weighted by molar-refractivity contribution is 5.37. The van der Waals surface area contributed by atoms with Gasteiger partial charge in [0.25, 0.3) is 0 Å². The first-order valence-corrected chi connectivity index (χ1v) is 5.58. The van der Waals surface area contributed by atoms with Crippen molar-refractivity contribution in [2.24, 2.45) is 11.1 Å². The van der Waals surface area contributed by atoms with E-state index in [4.69, 9.17) is 5.73 Å². The second-order valence-electron chi connectivity index (χ2n) is 4.88. The van der Waals surface area contributed by atoms with E-state index in [9.17, 15) is 5.11 Å². The lowest BCUT2D eigenvalue weighted by molar-refractivity contribution is -0.0424. The zero-order valence-electron chi connectivity index (χ0n) is 8.74. The second kappa shape index (κ2) is 2.80. The van der Waals surface area contributed by atoms with Gasteiger partial charge < -0.3 is 10.8 Å². The molecule has 3 nitrogen and oxygen atoms in total. The van der Waals surface area contributed by atoms with Crippen LogP contribution in [0.4, 0.5) is 0 Å². The lowest BCUT2D eigenvalue weighted by atomic mass is 9.69. The minimum atomic E-state index is -0.825. The highest BCUT2D eigenvalue weighted by Crippen LogP contribution is 2.63. The highest BCUT2D eigenvalue weighted by atomic mass is 16.3. The maximum atomic E-state index is 10.8. The largest absolute Gasteiger partial charge is 0.383 e. The predicted octanol–water partition coefficient (Wildman–Crippen LogP) is 0.954. The number of hydrogen-bond acceptors (Lipinski definition) is 3. The molecule has 1 saturated carbocycles. The normalized spacial score (nSPS) is 31.3. The van der Waals surface area contributed by atoms with Gasteiger partial charge in [-0.2, -0.15) is 0 Å². The van der Waals surface area contributed by atoms with Crippen molar-refractivity contribution in [3.05, 3.63) is 29.6 Å². The predicted molar refractivity (Wildman–Crippen MR) is 57.2 cm³/mol. The number of rotatable bonds is 1. The van der Waals surface area contributed by atoms with Crippen LogP contribution < -0.4 is 5.73 Å². The fraction of sp³-hybridized carbons (Fsp3) is 0.583. The number of aromatic nitrogens is 1. The van der Waals surface area contributed by atoms with Crippen LogP contribution in [0.5, 0.6) is 0 Å². The van der Waals surface area contributed by atoms with Gasteiger partial charge in [0.05, 0.1) is 0 Å². The van der Waals surface area contributed by atoms with E-state index < -0.39 is 5.60 Å². The van der Waals surface area contributed by atoms with Gasteiger partial charge in [-0.15, -0.1) is 0 Å². The van der Waals surface area contributed by atoms with Crippen LogP contribution in [-0.2, 0) is 12.0 Å². The van der Waals surface area contributed by atoms with Crippen molar-refractivity contribution < 1.29 is 5.11 Å². The summed E-state index contributed by atoms with van der Waals surface area (Å²) in [5.41, 5.74) is 7.22. The van der Waals surface area contributed by atoms with Gasteiger partial charge in [0.15, 0.2) is 0 Å². The van der Waals surface area contributed by atoms with Crippen LogP contribution in [0.1, 0.15) is 30.4 Å². The van der Waals surface area contributed by atoms with E-state index in [0.717, 1.165) is 31.2 Å². The number of aryl methyl sites for hydroxylation is 1. The van der Waals surface area contributed by atoms with Gasteiger partial charge in [0.2, 0.25) is 0 Å². The minimum absolute atomic E-state index is 0.0672. The van der Waals surface area contributed by atoms with E-state index in [-0.39, 0.29) is 5.41 Å². The molecular weight excluding hydrogens is 188 g/mol. The van der Waals surface area contributed by atoms with Crippen LogP contribution in [0.2, 0.25) is 0 Å². The van der Waals surface area contributed by atoms with E-state index in [1.54, 1.807) is 12.4 Å². The molecule has 15 heavy (non-hydrogen) atoms. The summed E-state index contributed by atoms with van der Waals surface area (Å²) in [6.07, 6.45) is 7.92. The quantitative estimate of drug-likeness (QED) is 0.716. The molecule has 3 heteroatoms. The Hall–Kier alpha value is -0.930. The zero-order chi connectivity index (χ0) is 10.5. The zero-order valence-corrected chi connectivity index (χ0v) is 8.74. The van der Waals surface area contributed by atoms with Gasteiger partial charge in [0, 0.05) is 29.9 Å². The van der Waals surface area contributed by atoms with Gasteiger partial charge in [-0.25, -0.2) is 0 Å². The summed E-state index contributed by atoms with van der Waals surface area (Å²) in [4.78, 5) is 4.12. The standard InChI is InChI=1S/C12H16N2O/c13-8-12(15)10-7-14-6-2-9(10)1-3-11(12)4-5-11/h2,6-7,15H,1,3-5,8,13H2. The van der Waals surface area contributed by atoms with Gasteiger partial charge in [-0.3, -0.25) is 4.98 Å². The Balaban J connectivity index is 2.16. The molecule has 1 heterocycles. The first-order valence-electron chi connectivity index (χ1n) is 5.58. The van der Waals surface area contributed by atoms with Gasteiger partial charge in [-0.1, -0.05) is 0 Å². The molecule has 3 N–H and O–H groups in total. The lowest BCUT2D eigenvalue weighted by Crippen LogP contribution is -2.47. The maximum Gasteiger partial charge on any atom is 0.109 e. The summed E-state index contributed by atoms with van der Waals surface area (Å²) in [6.45, 7) is 0.311. The number of pyridine rings is 1. The number of nitrogens with zero attached hydrogens (tertiary/aromatic N) is 1. The molecule has 1 spiro atoms. The number of fused-ring (bicyclic) bond motifs is 1. The van der Waals surface area contributed by atoms with Crippen molar-refractivity contribution in [2.75, 3.05) is 6.54 Å². The van der Waals surface area contributed by atoms with Crippen molar-refractivity contribution in [2.45, 2.75) is 31.3 Å². The third-order valence-electron chi connectivity index (χ3n) is 4.26. The van der Waals surface area contributed by atoms with Crippen LogP contribution >= 0.6 is 0 Å². The van der Waals surface area contributed by atoms with E-state index in [2.05, 4.69) is 4.98 Å². The highest BCUT2D eigenvalue weighted by Gasteiger charge is 2.60. The SMILES string of the molecule is NCC1(O)c2cnccc2CCC12CC2. The van der Waals surface area contributed by atoms with Crippen LogP contribution in [0.15, 0.2) is 18.5 Å². The number of hydrogen-bond donors (Lipinski definition) is 2.